The number of hydrogen-bond donors (Lipinski definition) is 0. The largest absolute Gasteiger partial charge is 0.293 e. The molecule has 0 bridgehead atoms. The van der Waals surface area contributed by atoms with Crippen LogP contribution < -0.4 is 4.90 Å². The zero-order valence-electron chi connectivity index (χ0n) is 8.50. The van der Waals surface area contributed by atoms with Crippen LogP contribution in [0, 0.1) is 10.1 Å². The first-order valence-corrected chi connectivity index (χ1v) is 5.20. The SMILES string of the molecule is O=C1CC(Cl)C(=O)N1c1ccccc1[N+](=O)[O-]. The second-order valence-corrected chi connectivity index (χ2v) is 4.01. The molecule has 0 aliphatic carbocycles. The number of carbonyl (C=O) groups is 2. The van der Waals surface area contributed by atoms with Crippen LogP contribution in [0.25, 0.3) is 0 Å². The maximum Gasteiger partial charge on any atom is 0.293 e. The van der Waals surface area contributed by atoms with Crippen molar-refractivity contribution in [1.29, 1.82) is 0 Å². The molecular weight excluding hydrogens is 248 g/mol. The van der Waals surface area contributed by atoms with E-state index >= 15 is 0 Å². The minimum atomic E-state index is -0.942. The van der Waals surface area contributed by atoms with Crippen molar-refractivity contribution in [3.63, 3.8) is 0 Å². The highest BCUT2D eigenvalue weighted by Crippen LogP contribution is 2.32. The van der Waals surface area contributed by atoms with E-state index in [4.69, 9.17) is 11.6 Å². The number of halogens is 1. The molecule has 6 nitrogen and oxygen atoms in total. The van der Waals surface area contributed by atoms with E-state index in [1.807, 2.05) is 0 Å². The lowest BCUT2D eigenvalue weighted by molar-refractivity contribution is -0.384. The Labute approximate surface area is 101 Å². The number of carbonyl (C=O) groups excluding carboxylic acids is 2. The predicted molar refractivity (Wildman–Crippen MR) is 59.8 cm³/mol. The normalized spacial score (nSPS) is 19.8. The zero-order valence-corrected chi connectivity index (χ0v) is 9.26. The summed E-state index contributed by atoms with van der Waals surface area (Å²) in [6.45, 7) is 0. The molecule has 0 radical (unpaired) electrons. The van der Waals surface area contributed by atoms with E-state index in [1.165, 1.54) is 24.3 Å². The molecule has 1 heterocycles. The lowest BCUT2D eigenvalue weighted by atomic mass is 10.2. The molecule has 1 aliphatic rings. The molecule has 1 unspecified atom stereocenters. The first-order chi connectivity index (χ1) is 8.02. The van der Waals surface area contributed by atoms with Crippen LogP contribution in [-0.4, -0.2) is 22.1 Å². The number of benzene rings is 1. The lowest BCUT2D eigenvalue weighted by Crippen LogP contribution is -2.31. The van der Waals surface area contributed by atoms with Gasteiger partial charge in [-0.1, -0.05) is 12.1 Å². The van der Waals surface area contributed by atoms with Gasteiger partial charge in [-0.25, -0.2) is 4.90 Å². The Morgan fingerprint density at radius 3 is 2.53 bits per heavy atom. The van der Waals surface area contributed by atoms with Crippen molar-refractivity contribution in [1.82, 2.24) is 0 Å². The summed E-state index contributed by atoms with van der Waals surface area (Å²) in [5.74, 6) is -1.14. The van der Waals surface area contributed by atoms with Gasteiger partial charge in [0.2, 0.25) is 5.91 Å². The lowest BCUT2D eigenvalue weighted by Gasteiger charge is -2.13. The van der Waals surface area contributed by atoms with Gasteiger partial charge in [0.15, 0.2) is 0 Å². The molecule has 17 heavy (non-hydrogen) atoms. The van der Waals surface area contributed by atoms with Crippen molar-refractivity contribution >= 4 is 34.8 Å². The van der Waals surface area contributed by atoms with E-state index in [2.05, 4.69) is 0 Å². The fraction of sp³-hybridized carbons (Fsp3) is 0.200. The average molecular weight is 255 g/mol. The molecule has 1 atom stereocenters. The van der Waals surface area contributed by atoms with Gasteiger partial charge >= 0.3 is 0 Å². The molecule has 0 saturated carbocycles. The fourth-order valence-electron chi connectivity index (χ4n) is 1.66. The summed E-state index contributed by atoms with van der Waals surface area (Å²) < 4.78 is 0. The van der Waals surface area contributed by atoms with Crippen LogP contribution in [0.4, 0.5) is 11.4 Å². The van der Waals surface area contributed by atoms with Crippen LogP contribution in [0.5, 0.6) is 0 Å². The minimum absolute atomic E-state index is 0.0318. The minimum Gasteiger partial charge on any atom is -0.274 e. The number of nitrogens with zero attached hydrogens (tertiary/aromatic N) is 2. The molecule has 2 rings (SSSR count). The summed E-state index contributed by atoms with van der Waals surface area (Å²) in [6, 6.07) is 5.57. The maximum absolute atomic E-state index is 11.6. The van der Waals surface area contributed by atoms with E-state index in [0.717, 1.165) is 4.90 Å². The van der Waals surface area contributed by atoms with Gasteiger partial charge in [-0.3, -0.25) is 19.7 Å². The van der Waals surface area contributed by atoms with Crippen molar-refractivity contribution in [2.75, 3.05) is 4.90 Å². The molecular formula is C10H7ClN2O4. The molecule has 88 valence electrons. The van der Waals surface area contributed by atoms with Crippen molar-refractivity contribution in [2.24, 2.45) is 0 Å². The number of para-hydroxylation sites is 2. The van der Waals surface area contributed by atoms with Gasteiger partial charge in [-0.15, -0.1) is 11.6 Å². The van der Waals surface area contributed by atoms with Crippen molar-refractivity contribution < 1.29 is 14.5 Å². The topological polar surface area (TPSA) is 80.5 Å². The van der Waals surface area contributed by atoms with Gasteiger partial charge in [0.25, 0.3) is 11.6 Å². The number of hydrogen-bond acceptors (Lipinski definition) is 4. The molecule has 1 aliphatic heterocycles. The second kappa shape index (κ2) is 4.14. The molecule has 7 heteroatoms. The van der Waals surface area contributed by atoms with E-state index in [-0.39, 0.29) is 17.8 Å². The molecule has 1 aromatic rings. The number of imide groups is 1. The molecule has 0 N–H and O–H groups in total. The maximum atomic E-state index is 11.6. The quantitative estimate of drug-likeness (QED) is 0.346. The third-order valence-corrected chi connectivity index (χ3v) is 2.75. The van der Waals surface area contributed by atoms with Gasteiger partial charge in [0.1, 0.15) is 11.1 Å². The average Bonchev–Trinajstić information content (AvgIpc) is 2.53. The van der Waals surface area contributed by atoms with E-state index in [9.17, 15) is 19.7 Å². The Kier molecular flexibility index (Phi) is 2.81. The van der Waals surface area contributed by atoms with E-state index < -0.39 is 22.1 Å². The summed E-state index contributed by atoms with van der Waals surface area (Å²) in [5, 5.41) is 9.85. The smallest absolute Gasteiger partial charge is 0.274 e. The second-order valence-electron chi connectivity index (χ2n) is 3.48. The van der Waals surface area contributed by atoms with E-state index in [0.29, 0.717) is 0 Å². The van der Waals surface area contributed by atoms with Crippen LogP contribution in [0.15, 0.2) is 24.3 Å². The monoisotopic (exact) mass is 254 g/mol. The molecule has 1 saturated heterocycles. The highest BCUT2D eigenvalue weighted by atomic mass is 35.5. The first-order valence-electron chi connectivity index (χ1n) is 4.76. The Hall–Kier alpha value is -1.95. The number of anilines is 1. The van der Waals surface area contributed by atoms with Crippen LogP contribution in [0.2, 0.25) is 0 Å². The van der Waals surface area contributed by atoms with Crippen LogP contribution in [0.3, 0.4) is 0 Å². The van der Waals surface area contributed by atoms with Crippen molar-refractivity contribution in [2.45, 2.75) is 11.8 Å². The van der Waals surface area contributed by atoms with Crippen molar-refractivity contribution in [3.05, 3.63) is 34.4 Å². The summed E-state index contributed by atoms with van der Waals surface area (Å²) >= 11 is 5.65. The van der Waals surface area contributed by atoms with Crippen molar-refractivity contribution in [3.8, 4) is 0 Å². The standard InChI is InChI=1S/C10H7ClN2O4/c11-6-5-9(14)12(10(6)15)7-3-1-2-4-8(7)13(16)17/h1-4,6H,5H2. The summed E-state index contributed by atoms with van der Waals surface area (Å²) in [7, 11) is 0. The molecule has 0 spiro atoms. The number of rotatable bonds is 2. The van der Waals surface area contributed by atoms with Gasteiger partial charge in [0, 0.05) is 6.07 Å². The zero-order chi connectivity index (χ0) is 12.6. The van der Waals surface area contributed by atoms with E-state index in [1.54, 1.807) is 0 Å². The highest BCUT2D eigenvalue weighted by molar-refractivity contribution is 6.41. The molecule has 1 fully saturated rings. The number of amides is 2. The summed E-state index contributed by atoms with van der Waals surface area (Å²) in [5.41, 5.74) is -0.324. The van der Waals surface area contributed by atoms with Gasteiger partial charge in [-0.2, -0.15) is 0 Å². The number of alkyl halides is 1. The fourth-order valence-corrected chi connectivity index (χ4v) is 1.89. The molecule has 2 amide bonds. The molecule has 0 aromatic heterocycles. The Morgan fingerprint density at radius 2 is 2.00 bits per heavy atom. The third kappa shape index (κ3) is 1.87. The van der Waals surface area contributed by atoms with Crippen LogP contribution in [0.1, 0.15) is 6.42 Å². The Bertz CT molecular complexity index is 517. The van der Waals surface area contributed by atoms with Gasteiger partial charge in [-0.05, 0) is 6.07 Å². The third-order valence-electron chi connectivity index (χ3n) is 2.41. The van der Waals surface area contributed by atoms with Gasteiger partial charge in [0.05, 0.1) is 11.3 Å². The summed E-state index contributed by atoms with van der Waals surface area (Å²) in [6.07, 6.45) is -0.133. The molecule has 1 aromatic carbocycles. The first kappa shape index (κ1) is 11.5. The predicted octanol–water partition coefficient (Wildman–Crippen LogP) is 1.47. The summed E-state index contributed by atoms with van der Waals surface area (Å²) in [4.78, 5) is 34.1. The Balaban J connectivity index is 2.51. The van der Waals surface area contributed by atoms with Crippen LogP contribution in [-0.2, 0) is 9.59 Å². The Morgan fingerprint density at radius 1 is 1.35 bits per heavy atom. The number of nitro groups is 1. The highest BCUT2D eigenvalue weighted by Gasteiger charge is 2.40. The van der Waals surface area contributed by atoms with Crippen LogP contribution >= 0.6 is 11.6 Å². The van der Waals surface area contributed by atoms with Gasteiger partial charge < -0.3 is 0 Å². The number of nitro benzene ring substituents is 1.